The lowest BCUT2D eigenvalue weighted by Gasteiger charge is -2.21. The van der Waals surface area contributed by atoms with Gasteiger partial charge in [-0.15, -0.1) is 0 Å². The number of nitrogens with one attached hydrogen (secondary N) is 1. The molecule has 0 radical (unpaired) electrons. The molecule has 1 atom stereocenters. The third-order valence-corrected chi connectivity index (χ3v) is 3.33. The van der Waals surface area contributed by atoms with Crippen LogP contribution < -0.4 is 5.32 Å². The van der Waals surface area contributed by atoms with Gasteiger partial charge < -0.3 is 10.2 Å². The molecule has 5 nitrogen and oxygen atoms in total. The minimum absolute atomic E-state index is 0.509. The summed E-state index contributed by atoms with van der Waals surface area (Å²) in [6.07, 6.45) is 4.35. The van der Waals surface area contributed by atoms with Crippen LogP contribution in [-0.4, -0.2) is 45.3 Å². The molecule has 0 spiro atoms. The molecule has 0 aliphatic carbocycles. The van der Waals surface area contributed by atoms with E-state index >= 15 is 0 Å². The van der Waals surface area contributed by atoms with Crippen molar-refractivity contribution in [3.63, 3.8) is 0 Å². The average molecular weight is 237 g/mol. The predicted molar refractivity (Wildman–Crippen MR) is 67.7 cm³/mol. The number of hydrogen-bond donors (Lipinski definition) is 1. The first-order valence-electron chi connectivity index (χ1n) is 6.62. The first kappa shape index (κ1) is 12.5. The van der Waals surface area contributed by atoms with Crippen molar-refractivity contribution in [3.05, 3.63) is 12.2 Å². The number of nitrogens with zero attached hydrogens (tertiary/aromatic N) is 4. The van der Waals surface area contributed by atoms with Gasteiger partial charge in [-0.05, 0) is 39.8 Å². The van der Waals surface area contributed by atoms with Crippen LogP contribution in [0, 0.1) is 0 Å². The van der Waals surface area contributed by atoms with Crippen molar-refractivity contribution in [2.24, 2.45) is 0 Å². The highest BCUT2D eigenvalue weighted by atomic mass is 15.3. The van der Waals surface area contributed by atoms with E-state index in [9.17, 15) is 0 Å². The molecule has 96 valence electrons. The van der Waals surface area contributed by atoms with E-state index < -0.39 is 0 Å². The number of likely N-dealkylation sites (tertiary alicyclic amines) is 1. The van der Waals surface area contributed by atoms with Crippen LogP contribution in [0.3, 0.4) is 0 Å². The van der Waals surface area contributed by atoms with E-state index in [2.05, 4.69) is 34.1 Å². The van der Waals surface area contributed by atoms with Crippen LogP contribution in [0.15, 0.2) is 6.33 Å². The number of rotatable bonds is 6. The SMILES string of the molecule is CCn1ncnc1CNC(C)CN1CCCC1. The first-order chi connectivity index (χ1) is 8.29. The fourth-order valence-electron chi connectivity index (χ4n) is 2.37. The Morgan fingerprint density at radius 3 is 2.88 bits per heavy atom. The summed E-state index contributed by atoms with van der Waals surface area (Å²) in [6, 6.07) is 0.509. The normalized spacial score (nSPS) is 18.7. The van der Waals surface area contributed by atoms with Crippen molar-refractivity contribution in [2.75, 3.05) is 19.6 Å². The summed E-state index contributed by atoms with van der Waals surface area (Å²) in [4.78, 5) is 6.80. The Morgan fingerprint density at radius 2 is 2.18 bits per heavy atom. The Kier molecular flexibility index (Phi) is 4.50. The summed E-state index contributed by atoms with van der Waals surface area (Å²) in [5, 5.41) is 7.69. The van der Waals surface area contributed by atoms with E-state index in [-0.39, 0.29) is 0 Å². The molecule has 0 amide bonds. The number of aromatic nitrogens is 3. The van der Waals surface area contributed by atoms with E-state index in [4.69, 9.17) is 0 Å². The lowest BCUT2D eigenvalue weighted by atomic mass is 10.3. The highest BCUT2D eigenvalue weighted by Gasteiger charge is 2.14. The van der Waals surface area contributed by atoms with Crippen molar-refractivity contribution in [1.29, 1.82) is 0 Å². The standard InChI is InChI=1S/C12H23N5/c1-3-17-12(14-10-15-17)8-13-11(2)9-16-6-4-5-7-16/h10-11,13H,3-9H2,1-2H3. The topological polar surface area (TPSA) is 46.0 Å². The van der Waals surface area contributed by atoms with Crippen molar-refractivity contribution in [3.8, 4) is 0 Å². The van der Waals surface area contributed by atoms with Crippen molar-refractivity contribution in [1.82, 2.24) is 25.0 Å². The highest BCUT2D eigenvalue weighted by molar-refractivity contribution is 4.84. The molecule has 1 saturated heterocycles. The summed E-state index contributed by atoms with van der Waals surface area (Å²) in [7, 11) is 0. The zero-order chi connectivity index (χ0) is 12.1. The number of aryl methyl sites for hydroxylation is 1. The molecule has 1 fully saturated rings. The van der Waals surface area contributed by atoms with Crippen LogP contribution in [0.1, 0.15) is 32.5 Å². The minimum atomic E-state index is 0.509. The van der Waals surface area contributed by atoms with E-state index in [1.165, 1.54) is 25.9 Å². The molecule has 0 aromatic carbocycles. The van der Waals surface area contributed by atoms with Gasteiger partial charge in [-0.1, -0.05) is 0 Å². The second kappa shape index (κ2) is 6.12. The molecule has 1 aromatic heterocycles. The molecular weight excluding hydrogens is 214 g/mol. The Balaban J connectivity index is 1.73. The Labute approximate surface area is 103 Å². The van der Waals surface area contributed by atoms with Gasteiger partial charge in [0.05, 0.1) is 6.54 Å². The fraction of sp³-hybridized carbons (Fsp3) is 0.833. The van der Waals surface area contributed by atoms with Gasteiger partial charge in [0.25, 0.3) is 0 Å². The molecule has 1 aromatic rings. The Bertz CT molecular complexity index is 329. The van der Waals surface area contributed by atoms with Gasteiger partial charge in [0.15, 0.2) is 0 Å². The molecule has 1 unspecified atom stereocenters. The first-order valence-corrected chi connectivity index (χ1v) is 6.62. The predicted octanol–water partition coefficient (Wildman–Crippen LogP) is 0.872. The fourth-order valence-corrected chi connectivity index (χ4v) is 2.37. The Hall–Kier alpha value is -0.940. The molecule has 0 bridgehead atoms. The van der Waals surface area contributed by atoms with Gasteiger partial charge >= 0.3 is 0 Å². The van der Waals surface area contributed by atoms with Gasteiger partial charge in [0, 0.05) is 19.1 Å². The number of hydrogen-bond acceptors (Lipinski definition) is 4. The van der Waals surface area contributed by atoms with E-state index in [0.717, 1.165) is 25.5 Å². The molecular formula is C12H23N5. The minimum Gasteiger partial charge on any atom is -0.306 e. The van der Waals surface area contributed by atoms with Crippen LogP contribution in [0.4, 0.5) is 0 Å². The monoisotopic (exact) mass is 237 g/mol. The summed E-state index contributed by atoms with van der Waals surface area (Å²) < 4.78 is 1.94. The largest absolute Gasteiger partial charge is 0.306 e. The molecule has 17 heavy (non-hydrogen) atoms. The van der Waals surface area contributed by atoms with Crippen LogP contribution >= 0.6 is 0 Å². The third kappa shape index (κ3) is 3.51. The van der Waals surface area contributed by atoms with E-state index in [0.29, 0.717) is 6.04 Å². The van der Waals surface area contributed by atoms with Crippen molar-refractivity contribution in [2.45, 2.75) is 45.8 Å². The van der Waals surface area contributed by atoms with Gasteiger partial charge in [-0.2, -0.15) is 5.10 Å². The second-order valence-corrected chi connectivity index (χ2v) is 4.78. The van der Waals surface area contributed by atoms with Crippen LogP contribution in [0.25, 0.3) is 0 Å². The highest BCUT2D eigenvalue weighted by Crippen LogP contribution is 2.07. The summed E-state index contributed by atoms with van der Waals surface area (Å²) >= 11 is 0. The van der Waals surface area contributed by atoms with Crippen LogP contribution in [0.2, 0.25) is 0 Å². The van der Waals surface area contributed by atoms with E-state index in [1.807, 2.05) is 4.68 Å². The second-order valence-electron chi connectivity index (χ2n) is 4.78. The maximum absolute atomic E-state index is 4.27. The van der Waals surface area contributed by atoms with Crippen molar-refractivity contribution < 1.29 is 0 Å². The van der Waals surface area contributed by atoms with Gasteiger partial charge in [0.1, 0.15) is 12.2 Å². The average Bonchev–Trinajstić information content (AvgIpc) is 2.96. The zero-order valence-corrected chi connectivity index (χ0v) is 10.9. The zero-order valence-electron chi connectivity index (χ0n) is 10.9. The molecule has 0 saturated carbocycles. The molecule has 2 rings (SSSR count). The molecule has 1 aliphatic rings. The quantitative estimate of drug-likeness (QED) is 0.797. The molecule has 1 N–H and O–H groups in total. The third-order valence-electron chi connectivity index (χ3n) is 3.33. The smallest absolute Gasteiger partial charge is 0.140 e. The lowest BCUT2D eigenvalue weighted by molar-refractivity contribution is 0.296. The maximum Gasteiger partial charge on any atom is 0.140 e. The van der Waals surface area contributed by atoms with Crippen molar-refractivity contribution >= 4 is 0 Å². The summed E-state index contributed by atoms with van der Waals surface area (Å²) in [5.74, 6) is 1.03. The lowest BCUT2D eigenvalue weighted by Crippen LogP contribution is -2.38. The summed E-state index contributed by atoms with van der Waals surface area (Å²) in [5.41, 5.74) is 0. The van der Waals surface area contributed by atoms with E-state index in [1.54, 1.807) is 6.33 Å². The Morgan fingerprint density at radius 1 is 1.41 bits per heavy atom. The summed E-state index contributed by atoms with van der Waals surface area (Å²) in [6.45, 7) is 9.69. The maximum atomic E-state index is 4.27. The molecule has 5 heteroatoms. The van der Waals surface area contributed by atoms with Gasteiger partial charge in [-0.25, -0.2) is 9.67 Å². The van der Waals surface area contributed by atoms with Crippen LogP contribution in [-0.2, 0) is 13.1 Å². The molecule has 1 aliphatic heterocycles. The van der Waals surface area contributed by atoms with Crippen LogP contribution in [0.5, 0.6) is 0 Å². The van der Waals surface area contributed by atoms with Gasteiger partial charge in [-0.3, -0.25) is 0 Å². The van der Waals surface area contributed by atoms with Gasteiger partial charge in [0.2, 0.25) is 0 Å². The molecule has 2 heterocycles.